The third kappa shape index (κ3) is 5.42. The maximum absolute atomic E-state index is 12.5. The predicted molar refractivity (Wildman–Crippen MR) is 81.0 cm³/mol. The lowest BCUT2D eigenvalue weighted by Gasteiger charge is -2.25. The van der Waals surface area contributed by atoms with E-state index in [0.717, 1.165) is 18.4 Å². The summed E-state index contributed by atoms with van der Waals surface area (Å²) in [6.45, 7) is 1.68. The normalized spacial score (nSPS) is 16.4. The lowest BCUT2D eigenvalue weighted by Crippen LogP contribution is -2.45. The van der Waals surface area contributed by atoms with E-state index in [1.807, 2.05) is 6.07 Å². The second kappa shape index (κ2) is 8.72. The molecule has 2 amide bonds. The molecule has 0 bridgehead atoms. The Morgan fingerprint density at radius 1 is 1.38 bits per heavy atom. The van der Waals surface area contributed by atoms with Crippen molar-refractivity contribution in [2.24, 2.45) is 0 Å². The van der Waals surface area contributed by atoms with E-state index in [2.05, 4.69) is 5.32 Å². The van der Waals surface area contributed by atoms with Crippen LogP contribution in [0.25, 0.3) is 0 Å². The summed E-state index contributed by atoms with van der Waals surface area (Å²) in [4.78, 5) is 14.3. The summed E-state index contributed by atoms with van der Waals surface area (Å²) in [6, 6.07) is 2.20. The van der Waals surface area contributed by atoms with Gasteiger partial charge in [-0.2, -0.15) is 0 Å². The fourth-order valence-electron chi connectivity index (χ4n) is 2.75. The van der Waals surface area contributed by atoms with E-state index in [0.29, 0.717) is 25.7 Å². The smallest absolute Gasteiger partial charge is 0.317 e. The summed E-state index contributed by atoms with van der Waals surface area (Å²) in [5.41, 5.74) is 1.00. The Balaban J connectivity index is 1.89. The molecule has 1 aliphatic rings. The van der Waals surface area contributed by atoms with Crippen LogP contribution in [0.1, 0.15) is 44.1 Å². The summed E-state index contributed by atoms with van der Waals surface area (Å²) in [5, 5.41) is 3.18. The molecule has 118 valence electrons. The number of rotatable bonds is 6. The fraction of sp³-hybridized carbons (Fsp3) is 0.688. The third-order valence-electron chi connectivity index (χ3n) is 3.99. The molecule has 1 fully saturated rings. The molecule has 0 saturated heterocycles. The van der Waals surface area contributed by atoms with E-state index in [1.54, 1.807) is 24.5 Å². The average molecular weight is 294 g/mol. The number of nitrogens with one attached hydrogen (secondary N) is 1. The van der Waals surface area contributed by atoms with Gasteiger partial charge in [-0.15, -0.1) is 0 Å². The zero-order valence-electron chi connectivity index (χ0n) is 12.8. The maximum atomic E-state index is 12.5. The molecule has 1 saturated carbocycles. The molecule has 5 nitrogen and oxygen atoms in total. The van der Waals surface area contributed by atoms with Crippen molar-refractivity contribution < 1.29 is 13.9 Å². The van der Waals surface area contributed by atoms with Gasteiger partial charge in [0.1, 0.15) is 0 Å². The molecule has 1 aliphatic carbocycles. The summed E-state index contributed by atoms with van der Waals surface area (Å²) in [5.74, 6) is 0. The zero-order chi connectivity index (χ0) is 14.9. The Morgan fingerprint density at radius 3 is 2.76 bits per heavy atom. The van der Waals surface area contributed by atoms with Crippen LogP contribution in [0.2, 0.25) is 0 Å². The molecule has 21 heavy (non-hydrogen) atoms. The molecule has 1 aromatic rings. The van der Waals surface area contributed by atoms with E-state index in [4.69, 9.17) is 9.15 Å². The van der Waals surface area contributed by atoms with Gasteiger partial charge in [0.25, 0.3) is 0 Å². The number of hydrogen-bond acceptors (Lipinski definition) is 3. The molecular formula is C16H26N2O3. The number of nitrogens with zero attached hydrogens (tertiary/aromatic N) is 1. The van der Waals surface area contributed by atoms with Gasteiger partial charge in [0.2, 0.25) is 0 Å². The Kier molecular flexibility index (Phi) is 6.60. The molecule has 0 aliphatic heterocycles. The van der Waals surface area contributed by atoms with E-state index >= 15 is 0 Å². The van der Waals surface area contributed by atoms with E-state index in [-0.39, 0.29) is 6.03 Å². The van der Waals surface area contributed by atoms with Crippen molar-refractivity contribution >= 4 is 6.03 Å². The van der Waals surface area contributed by atoms with Crippen molar-refractivity contribution in [3.63, 3.8) is 0 Å². The van der Waals surface area contributed by atoms with Crippen molar-refractivity contribution in [1.82, 2.24) is 10.2 Å². The predicted octanol–water partition coefficient (Wildman–Crippen LogP) is 3.16. The highest BCUT2D eigenvalue weighted by molar-refractivity contribution is 5.74. The summed E-state index contributed by atoms with van der Waals surface area (Å²) in [6.07, 6.45) is 10.5. The van der Waals surface area contributed by atoms with E-state index in [1.165, 1.54) is 25.7 Å². The quantitative estimate of drug-likeness (QED) is 0.820. The van der Waals surface area contributed by atoms with Crippen molar-refractivity contribution in [2.45, 2.75) is 51.1 Å². The highest BCUT2D eigenvalue weighted by Crippen LogP contribution is 2.17. The van der Waals surface area contributed by atoms with Crippen molar-refractivity contribution in [1.29, 1.82) is 0 Å². The SMILES string of the molecule is COCCN(Cc1ccoc1)C(=O)NC1CCCCCC1. The van der Waals surface area contributed by atoms with Gasteiger partial charge in [0.05, 0.1) is 25.7 Å². The van der Waals surface area contributed by atoms with Crippen LogP contribution < -0.4 is 5.32 Å². The highest BCUT2D eigenvalue weighted by atomic mass is 16.5. The van der Waals surface area contributed by atoms with Crippen LogP contribution in [0.5, 0.6) is 0 Å². The van der Waals surface area contributed by atoms with Gasteiger partial charge in [0, 0.05) is 25.3 Å². The first-order chi connectivity index (χ1) is 10.3. The maximum Gasteiger partial charge on any atom is 0.317 e. The van der Waals surface area contributed by atoms with Crippen LogP contribution in [0.15, 0.2) is 23.0 Å². The zero-order valence-corrected chi connectivity index (χ0v) is 12.8. The number of amides is 2. The monoisotopic (exact) mass is 294 g/mol. The Bertz CT molecular complexity index is 398. The minimum atomic E-state index is 0.000139. The number of hydrogen-bond donors (Lipinski definition) is 1. The molecule has 0 unspecified atom stereocenters. The van der Waals surface area contributed by atoms with E-state index < -0.39 is 0 Å². The topological polar surface area (TPSA) is 54.7 Å². The first-order valence-corrected chi connectivity index (χ1v) is 7.85. The minimum absolute atomic E-state index is 0.000139. The Hall–Kier alpha value is -1.49. The number of methoxy groups -OCH3 is 1. The van der Waals surface area contributed by atoms with Crippen LogP contribution in [0.4, 0.5) is 4.79 Å². The van der Waals surface area contributed by atoms with Gasteiger partial charge in [-0.3, -0.25) is 0 Å². The van der Waals surface area contributed by atoms with Gasteiger partial charge in [0.15, 0.2) is 0 Å². The third-order valence-corrected chi connectivity index (χ3v) is 3.99. The largest absolute Gasteiger partial charge is 0.472 e. The van der Waals surface area contributed by atoms with Gasteiger partial charge in [-0.1, -0.05) is 25.7 Å². The Morgan fingerprint density at radius 2 is 2.14 bits per heavy atom. The number of carbonyl (C=O) groups excluding carboxylic acids is 1. The van der Waals surface area contributed by atoms with Gasteiger partial charge >= 0.3 is 6.03 Å². The molecule has 0 radical (unpaired) electrons. The van der Waals surface area contributed by atoms with Crippen molar-refractivity contribution in [3.05, 3.63) is 24.2 Å². The molecule has 0 aromatic carbocycles. The molecule has 1 aromatic heterocycles. The molecule has 1 N–H and O–H groups in total. The fourth-order valence-corrected chi connectivity index (χ4v) is 2.75. The first kappa shape index (κ1) is 15.9. The van der Waals surface area contributed by atoms with Crippen LogP contribution in [-0.2, 0) is 11.3 Å². The summed E-state index contributed by atoms with van der Waals surface area (Å²) < 4.78 is 10.2. The van der Waals surface area contributed by atoms with Gasteiger partial charge in [-0.25, -0.2) is 4.79 Å². The number of urea groups is 1. The van der Waals surface area contributed by atoms with Crippen molar-refractivity contribution in [3.8, 4) is 0 Å². The average Bonchev–Trinajstić information content (AvgIpc) is 2.86. The number of ether oxygens (including phenoxy) is 1. The highest BCUT2D eigenvalue weighted by Gasteiger charge is 2.19. The second-order valence-electron chi connectivity index (χ2n) is 5.68. The Labute approximate surface area is 126 Å². The lowest BCUT2D eigenvalue weighted by molar-refractivity contribution is 0.144. The molecule has 0 spiro atoms. The molecular weight excluding hydrogens is 268 g/mol. The van der Waals surface area contributed by atoms with Crippen molar-refractivity contribution in [2.75, 3.05) is 20.3 Å². The second-order valence-corrected chi connectivity index (χ2v) is 5.68. The van der Waals surface area contributed by atoms with Crippen LogP contribution in [-0.4, -0.2) is 37.2 Å². The first-order valence-electron chi connectivity index (χ1n) is 7.85. The van der Waals surface area contributed by atoms with E-state index in [9.17, 15) is 4.79 Å². The van der Waals surface area contributed by atoms with Crippen LogP contribution in [0.3, 0.4) is 0 Å². The summed E-state index contributed by atoms with van der Waals surface area (Å²) >= 11 is 0. The molecule has 1 heterocycles. The summed E-state index contributed by atoms with van der Waals surface area (Å²) in [7, 11) is 1.65. The number of carbonyl (C=O) groups is 1. The van der Waals surface area contributed by atoms with Gasteiger partial charge in [-0.05, 0) is 18.9 Å². The van der Waals surface area contributed by atoms with Gasteiger partial charge < -0.3 is 19.4 Å². The molecule has 5 heteroatoms. The lowest BCUT2D eigenvalue weighted by atomic mass is 10.1. The van der Waals surface area contributed by atoms with Crippen LogP contribution in [0, 0.1) is 0 Å². The number of furan rings is 1. The van der Waals surface area contributed by atoms with Crippen LogP contribution >= 0.6 is 0 Å². The minimum Gasteiger partial charge on any atom is -0.472 e. The molecule has 0 atom stereocenters. The standard InChI is InChI=1S/C16H26N2O3/c1-20-11-9-18(12-14-8-10-21-13-14)16(19)17-15-6-4-2-3-5-7-15/h8,10,13,15H,2-7,9,11-12H2,1H3,(H,17,19). The molecule has 2 rings (SSSR count).